The molecular formula is C9H16O2S. The Kier molecular flexibility index (Phi) is 3.04. The lowest BCUT2D eigenvalue weighted by molar-refractivity contribution is -0.158. The molecule has 12 heavy (non-hydrogen) atoms. The van der Waals surface area contributed by atoms with E-state index in [1.54, 1.807) is 0 Å². The molecule has 1 aliphatic heterocycles. The quantitative estimate of drug-likeness (QED) is 0.589. The predicted molar refractivity (Wildman–Crippen MR) is 51.3 cm³/mol. The number of esters is 1. The van der Waals surface area contributed by atoms with Crippen LogP contribution in [0, 0.1) is 5.92 Å². The summed E-state index contributed by atoms with van der Waals surface area (Å²) in [7, 11) is 0. The highest BCUT2D eigenvalue weighted by Gasteiger charge is 2.27. The number of carbonyl (C=O) groups excluding carboxylic acids is 1. The molecule has 1 rings (SSSR count). The molecule has 1 saturated heterocycles. The number of hydrogen-bond donors (Lipinski definition) is 0. The summed E-state index contributed by atoms with van der Waals surface area (Å²) in [6, 6.07) is 0. The lowest BCUT2D eigenvalue weighted by atomic mass is 10.1. The van der Waals surface area contributed by atoms with Gasteiger partial charge in [-0.3, -0.25) is 4.79 Å². The third kappa shape index (κ3) is 3.05. The Bertz CT molecular complexity index is 166. The van der Waals surface area contributed by atoms with Gasteiger partial charge in [0.1, 0.15) is 5.60 Å². The van der Waals surface area contributed by atoms with Crippen LogP contribution in [0.15, 0.2) is 0 Å². The summed E-state index contributed by atoms with van der Waals surface area (Å²) in [5.74, 6) is 2.17. The molecule has 0 saturated carbocycles. The molecule has 1 atom stereocenters. The van der Waals surface area contributed by atoms with E-state index >= 15 is 0 Å². The molecule has 1 heterocycles. The zero-order valence-corrected chi connectivity index (χ0v) is 8.74. The third-order valence-corrected chi connectivity index (χ3v) is 2.83. The molecule has 0 spiro atoms. The summed E-state index contributed by atoms with van der Waals surface area (Å²) < 4.78 is 5.27. The SMILES string of the molecule is CC(C)(C)OC(=O)C1CCSC1. The van der Waals surface area contributed by atoms with Crippen LogP contribution in [0.2, 0.25) is 0 Å². The first kappa shape index (κ1) is 9.90. The highest BCUT2D eigenvalue weighted by molar-refractivity contribution is 7.99. The molecule has 1 unspecified atom stereocenters. The molecule has 70 valence electrons. The van der Waals surface area contributed by atoms with E-state index in [0.717, 1.165) is 17.9 Å². The van der Waals surface area contributed by atoms with Crippen molar-refractivity contribution < 1.29 is 9.53 Å². The zero-order chi connectivity index (χ0) is 9.19. The fraction of sp³-hybridized carbons (Fsp3) is 0.889. The maximum atomic E-state index is 11.4. The van der Waals surface area contributed by atoms with Crippen LogP contribution in [0.5, 0.6) is 0 Å². The summed E-state index contributed by atoms with van der Waals surface area (Å²) in [6.45, 7) is 5.73. The lowest BCUT2D eigenvalue weighted by Gasteiger charge is -2.21. The zero-order valence-electron chi connectivity index (χ0n) is 7.92. The van der Waals surface area contributed by atoms with Crippen molar-refractivity contribution in [1.82, 2.24) is 0 Å². The van der Waals surface area contributed by atoms with Crippen LogP contribution < -0.4 is 0 Å². The normalized spacial score (nSPS) is 24.1. The van der Waals surface area contributed by atoms with Crippen LogP contribution in [0.3, 0.4) is 0 Å². The summed E-state index contributed by atoms with van der Waals surface area (Å²) in [6.07, 6.45) is 0.986. The molecular weight excluding hydrogens is 172 g/mol. The Labute approximate surface area is 78.1 Å². The van der Waals surface area contributed by atoms with E-state index in [1.165, 1.54) is 0 Å². The Hall–Kier alpha value is -0.180. The van der Waals surface area contributed by atoms with Crippen molar-refractivity contribution in [2.75, 3.05) is 11.5 Å². The van der Waals surface area contributed by atoms with Crippen LogP contribution in [0.4, 0.5) is 0 Å². The summed E-state index contributed by atoms with van der Waals surface area (Å²) in [5, 5.41) is 0. The predicted octanol–water partition coefficient (Wildman–Crippen LogP) is 2.08. The molecule has 0 bridgehead atoms. The van der Waals surface area contributed by atoms with E-state index < -0.39 is 0 Å². The van der Waals surface area contributed by atoms with Crippen LogP contribution in [0.1, 0.15) is 27.2 Å². The highest BCUT2D eigenvalue weighted by Crippen LogP contribution is 2.25. The number of rotatable bonds is 1. The second-order valence-electron chi connectivity index (χ2n) is 4.09. The van der Waals surface area contributed by atoms with Crippen molar-refractivity contribution in [3.8, 4) is 0 Å². The van der Waals surface area contributed by atoms with Gasteiger partial charge in [0.25, 0.3) is 0 Å². The molecule has 2 nitrogen and oxygen atoms in total. The van der Waals surface area contributed by atoms with E-state index in [1.807, 2.05) is 32.5 Å². The van der Waals surface area contributed by atoms with E-state index in [-0.39, 0.29) is 17.5 Å². The number of thioether (sulfide) groups is 1. The Balaban J connectivity index is 2.37. The molecule has 0 aliphatic carbocycles. The van der Waals surface area contributed by atoms with Gasteiger partial charge in [0.15, 0.2) is 0 Å². The summed E-state index contributed by atoms with van der Waals surface area (Å²) >= 11 is 1.84. The molecule has 0 amide bonds. The Morgan fingerprint density at radius 2 is 2.17 bits per heavy atom. The minimum absolute atomic E-state index is 0.0208. The second-order valence-corrected chi connectivity index (χ2v) is 5.24. The maximum Gasteiger partial charge on any atom is 0.310 e. The van der Waals surface area contributed by atoms with Crippen molar-refractivity contribution in [3.63, 3.8) is 0 Å². The maximum absolute atomic E-state index is 11.4. The molecule has 3 heteroatoms. The largest absolute Gasteiger partial charge is 0.460 e. The number of ether oxygens (including phenoxy) is 1. The van der Waals surface area contributed by atoms with Gasteiger partial charge in [0, 0.05) is 5.75 Å². The summed E-state index contributed by atoms with van der Waals surface area (Å²) in [5.41, 5.74) is -0.329. The Morgan fingerprint density at radius 3 is 2.58 bits per heavy atom. The fourth-order valence-corrected chi connectivity index (χ4v) is 2.31. The first-order valence-electron chi connectivity index (χ1n) is 4.29. The molecule has 0 aromatic heterocycles. The minimum Gasteiger partial charge on any atom is -0.460 e. The fourth-order valence-electron chi connectivity index (χ4n) is 1.11. The molecule has 1 fully saturated rings. The number of carbonyl (C=O) groups is 1. The van der Waals surface area contributed by atoms with Crippen LogP contribution in [-0.4, -0.2) is 23.1 Å². The molecule has 0 radical (unpaired) electrons. The Morgan fingerprint density at radius 1 is 1.50 bits per heavy atom. The van der Waals surface area contributed by atoms with Gasteiger partial charge in [-0.15, -0.1) is 0 Å². The average Bonchev–Trinajstić information content (AvgIpc) is 2.32. The van der Waals surface area contributed by atoms with Gasteiger partial charge in [0.05, 0.1) is 5.92 Å². The summed E-state index contributed by atoms with van der Waals surface area (Å²) in [4.78, 5) is 11.4. The first-order valence-corrected chi connectivity index (χ1v) is 5.45. The monoisotopic (exact) mass is 188 g/mol. The van der Waals surface area contributed by atoms with Gasteiger partial charge in [-0.2, -0.15) is 11.8 Å². The third-order valence-electron chi connectivity index (χ3n) is 1.67. The second kappa shape index (κ2) is 3.69. The highest BCUT2D eigenvalue weighted by atomic mass is 32.2. The average molecular weight is 188 g/mol. The van der Waals surface area contributed by atoms with Gasteiger partial charge >= 0.3 is 5.97 Å². The van der Waals surface area contributed by atoms with Gasteiger partial charge in [-0.1, -0.05) is 0 Å². The molecule has 0 N–H and O–H groups in total. The van der Waals surface area contributed by atoms with Crippen LogP contribution in [0.25, 0.3) is 0 Å². The lowest BCUT2D eigenvalue weighted by Crippen LogP contribution is -2.28. The molecule has 0 aromatic rings. The van der Waals surface area contributed by atoms with Gasteiger partial charge in [-0.05, 0) is 32.9 Å². The molecule has 1 aliphatic rings. The van der Waals surface area contributed by atoms with Crippen molar-refractivity contribution in [1.29, 1.82) is 0 Å². The standard InChI is InChI=1S/C9H16O2S/c1-9(2,3)11-8(10)7-4-5-12-6-7/h7H,4-6H2,1-3H3. The van der Waals surface area contributed by atoms with Crippen LogP contribution >= 0.6 is 11.8 Å². The first-order chi connectivity index (χ1) is 5.49. The van der Waals surface area contributed by atoms with E-state index in [0.29, 0.717) is 0 Å². The van der Waals surface area contributed by atoms with Gasteiger partial charge in [0.2, 0.25) is 0 Å². The minimum atomic E-state index is -0.329. The van der Waals surface area contributed by atoms with Crippen LogP contribution in [-0.2, 0) is 9.53 Å². The van der Waals surface area contributed by atoms with Crippen molar-refractivity contribution in [2.45, 2.75) is 32.8 Å². The van der Waals surface area contributed by atoms with E-state index in [2.05, 4.69) is 0 Å². The smallest absolute Gasteiger partial charge is 0.310 e. The van der Waals surface area contributed by atoms with Crippen molar-refractivity contribution in [2.24, 2.45) is 5.92 Å². The van der Waals surface area contributed by atoms with Crippen molar-refractivity contribution in [3.05, 3.63) is 0 Å². The van der Waals surface area contributed by atoms with Gasteiger partial charge < -0.3 is 4.74 Å². The number of hydrogen-bond acceptors (Lipinski definition) is 3. The van der Waals surface area contributed by atoms with Gasteiger partial charge in [-0.25, -0.2) is 0 Å². The van der Waals surface area contributed by atoms with Crippen molar-refractivity contribution >= 4 is 17.7 Å². The topological polar surface area (TPSA) is 26.3 Å². The van der Waals surface area contributed by atoms with E-state index in [4.69, 9.17) is 4.74 Å². The van der Waals surface area contributed by atoms with E-state index in [9.17, 15) is 4.79 Å². The molecule has 0 aromatic carbocycles.